The summed E-state index contributed by atoms with van der Waals surface area (Å²) in [4.78, 5) is 36.3. The smallest absolute Gasteiger partial charge is 0.343 e. The molecule has 2 aromatic rings. The van der Waals surface area contributed by atoms with Gasteiger partial charge in [0.2, 0.25) is 0 Å². The lowest BCUT2D eigenvalue weighted by atomic mass is 9.85. The lowest BCUT2D eigenvalue weighted by Crippen LogP contribution is -2.50. The van der Waals surface area contributed by atoms with Crippen molar-refractivity contribution < 1.29 is 23.8 Å². The van der Waals surface area contributed by atoms with Crippen LogP contribution in [0.25, 0.3) is 11.3 Å². The first kappa shape index (κ1) is 21.6. The maximum atomic E-state index is 12.8. The molecule has 0 radical (unpaired) electrons. The van der Waals surface area contributed by atoms with Gasteiger partial charge >= 0.3 is 5.97 Å². The molecule has 1 saturated carbocycles. The molecule has 1 aliphatic carbocycles. The Kier molecular flexibility index (Phi) is 4.99. The first-order valence-corrected chi connectivity index (χ1v) is 11.2. The maximum absolute atomic E-state index is 12.8. The van der Waals surface area contributed by atoms with Crippen molar-refractivity contribution in [2.75, 3.05) is 25.8 Å². The molecule has 0 N–H and O–H groups in total. The molecule has 8 heteroatoms. The van der Waals surface area contributed by atoms with Crippen LogP contribution in [-0.4, -0.2) is 42.8 Å². The molecule has 1 saturated heterocycles. The fraction of sp³-hybridized carbons (Fsp3) is 0.480. The number of nitrogens with zero attached hydrogens (tertiary/aromatic N) is 2. The number of pyridine rings is 1. The third-order valence-electron chi connectivity index (χ3n) is 7.09. The van der Waals surface area contributed by atoms with Crippen molar-refractivity contribution in [3.63, 3.8) is 0 Å². The van der Waals surface area contributed by atoms with E-state index in [-0.39, 0.29) is 34.3 Å². The van der Waals surface area contributed by atoms with Gasteiger partial charge in [0.25, 0.3) is 0 Å². The molecule has 5 rings (SSSR count). The van der Waals surface area contributed by atoms with E-state index in [1.807, 2.05) is 16.8 Å². The number of carbonyl (C=O) groups excluding carboxylic acids is 2. The summed E-state index contributed by atoms with van der Waals surface area (Å²) in [5.41, 5.74) is 2.07. The Labute approximate surface area is 192 Å². The molecule has 33 heavy (non-hydrogen) atoms. The number of hydrogen-bond acceptors (Lipinski definition) is 7. The second-order valence-electron chi connectivity index (χ2n) is 9.70. The van der Waals surface area contributed by atoms with Crippen LogP contribution in [0.5, 0.6) is 11.5 Å². The van der Waals surface area contributed by atoms with Gasteiger partial charge in [0.05, 0.1) is 38.1 Å². The van der Waals surface area contributed by atoms with Gasteiger partial charge in [-0.3, -0.25) is 19.3 Å². The average molecular weight is 453 g/mol. The van der Waals surface area contributed by atoms with Gasteiger partial charge in [-0.25, -0.2) is 4.79 Å². The molecule has 1 aromatic heterocycles. The van der Waals surface area contributed by atoms with Gasteiger partial charge in [-0.15, -0.1) is 0 Å². The van der Waals surface area contributed by atoms with Crippen LogP contribution in [0.15, 0.2) is 29.2 Å². The number of Topliss-reactive ketones (excluding diaryl/α,β-unsaturated/α-hetero) is 1. The highest BCUT2D eigenvalue weighted by atomic mass is 16.5. The Morgan fingerprint density at radius 3 is 2.55 bits per heavy atom. The molecular weight excluding hydrogens is 424 g/mol. The maximum Gasteiger partial charge on any atom is 0.343 e. The molecule has 0 spiro atoms. The number of benzene rings is 1. The number of hydrogen-bond donors (Lipinski definition) is 0. The Balaban J connectivity index is 1.64. The van der Waals surface area contributed by atoms with E-state index in [2.05, 4.69) is 18.9 Å². The van der Waals surface area contributed by atoms with Crippen molar-refractivity contribution >= 4 is 11.8 Å². The minimum Gasteiger partial charge on any atom is -0.493 e. The van der Waals surface area contributed by atoms with E-state index in [4.69, 9.17) is 14.2 Å². The molecule has 2 aliphatic heterocycles. The number of esters is 1. The third kappa shape index (κ3) is 3.39. The van der Waals surface area contributed by atoms with Gasteiger partial charge < -0.3 is 14.2 Å². The van der Waals surface area contributed by atoms with E-state index >= 15 is 0 Å². The fourth-order valence-electron chi connectivity index (χ4n) is 5.30. The predicted octanol–water partition coefficient (Wildman–Crippen LogP) is 3.23. The number of methoxy groups -OCH3 is 2. The largest absolute Gasteiger partial charge is 0.493 e. The van der Waals surface area contributed by atoms with Crippen LogP contribution in [0.2, 0.25) is 0 Å². The zero-order valence-corrected chi connectivity index (χ0v) is 19.3. The van der Waals surface area contributed by atoms with E-state index in [1.54, 1.807) is 13.3 Å². The van der Waals surface area contributed by atoms with Crippen molar-refractivity contribution in [3.05, 3.63) is 45.7 Å². The fourth-order valence-corrected chi connectivity index (χ4v) is 5.30. The normalized spacial score (nSPS) is 20.4. The number of fused-ring (bicyclic) bond motifs is 6. The molecule has 3 aliphatic rings. The molecule has 0 unspecified atom stereocenters. The standard InChI is InChI=1S/C25H28N2O6/c1-25(2)6-5-19-16-10-23(33-13-14-7-15(28)8-14)22(31-3)9-17(16)20-11-21(29)18(24(30)32-4)12-26(20)27(19)25/h9-12,14,19H,5-8,13H2,1-4H3/t19-/m1/s1. The zero-order valence-electron chi connectivity index (χ0n) is 19.3. The first-order valence-electron chi connectivity index (χ1n) is 11.2. The quantitative estimate of drug-likeness (QED) is 0.644. The van der Waals surface area contributed by atoms with Crippen molar-refractivity contribution in [2.24, 2.45) is 5.92 Å². The monoisotopic (exact) mass is 452 g/mol. The van der Waals surface area contributed by atoms with Crippen LogP contribution in [0.1, 0.15) is 61.5 Å². The van der Waals surface area contributed by atoms with Gasteiger partial charge in [-0.1, -0.05) is 0 Å². The summed E-state index contributed by atoms with van der Waals surface area (Å²) in [5, 5.41) is 2.23. The van der Waals surface area contributed by atoms with E-state index in [9.17, 15) is 14.4 Å². The molecule has 8 nitrogen and oxygen atoms in total. The Morgan fingerprint density at radius 2 is 1.88 bits per heavy atom. The van der Waals surface area contributed by atoms with Gasteiger partial charge in [0, 0.05) is 36.6 Å². The molecule has 174 valence electrons. The third-order valence-corrected chi connectivity index (χ3v) is 7.09. The molecule has 3 heterocycles. The van der Waals surface area contributed by atoms with Gasteiger partial charge in [0.15, 0.2) is 16.9 Å². The van der Waals surface area contributed by atoms with Crippen LogP contribution in [0, 0.1) is 5.92 Å². The van der Waals surface area contributed by atoms with Crippen LogP contribution in [0.4, 0.5) is 0 Å². The lowest BCUT2D eigenvalue weighted by molar-refractivity contribution is -0.127. The lowest BCUT2D eigenvalue weighted by Gasteiger charge is -2.44. The van der Waals surface area contributed by atoms with Gasteiger partial charge in [-0.2, -0.15) is 0 Å². The Morgan fingerprint density at radius 1 is 1.12 bits per heavy atom. The summed E-state index contributed by atoms with van der Waals surface area (Å²) in [7, 11) is 2.86. The first-order chi connectivity index (χ1) is 15.7. The zero-order chi connectivity index (χ0) is 23.5. The minimum atomic E-state index is -0.648. The van der Waals surface area contributed by atoms with E-state index < -0.39 is 5.97 Å². The number of aromatic nitrogens is 1. The summed E-state index contributed by atoms with van der Waals surface area (Å²) in [5.74, 6) is 1.09. The summed E-state index contributed by atoms with van der Waals surface area (Å²) < 4.78 is 18.5. The van der Waals surface area contributed by atoms with Crippen molar-refractivity contribution in [3.8, 4) is 22.8 Å². The van der Waals surface area contributed by atoms with Crippen molar-refractivity contribution in [2.45, 2.75) is 51.1 Å². The second kappa shape index (κ2) is 7.64. The summed E-state index contributed by atoms with van der Waals surface area (Å²) in [6.45, 7) is 4.79. The summed E-state index contributed by atoms with van der Waals surface area (Å²) in [6.07, 6.45) is 4.59. The number of rotatable bonds is 5. The highest BCUT2D eigenvalue weighted by Crippen LogP contribution is 2.50. The minimum absolute atomic E-state index is 0.00751. The van der Waals surface area contributed by atoms with Crippen LogP contribution < -0.4 is 19.9 Å². The molecule has 0 amide bonds. The van der Waals surface area contributed by atoms with E-state index in [1.165, 1.54) is 13.2 Å². The average Bonchev–Trinajstić information content (AvgIpc) is 3.10. The summed E-state index contributed by atoms with van der Waals surface area (Å²) in [6, 6.07) is 5.46. The summed E-state index contributed by atoms with van der Waals surface area (Å²) >= 11 is 0. The second-order valence-corrected chi connectivity index (χ2v) is 9.70. The Hall–Kier alpha value is -3.29. The van der Waals surface area contributed by atoms with Gasteiger partial charge in [-0.05, 0) is 44.4 Å². The predicted molar refractivity (Wildman–Crippen MR) is 122 cm³/mol. The SMILES string of the molecule is COC(=O)c1cn2c(cc1=O)-c1cc(OC)c(OCC3CC(=O)C3)cc1[C@H]1CCC(C)(C)N12. The highest BCUT2D eigenvalue weighted by molar-refractivity contribution is 5.89. The molecule has 0 bridgehead atoms. The molecule has 2 fully saturated rings. The number of ketones is 1. The van der Waals surface area contributed by atoms with Crippen LogP contribution in [0.3, 0.4) is 0 Å². The topological polar surface area (TPSA) is 87.1 Å². The van der Waals surface area contributed by atoms with Crippen LogP contribution >= 0.6 is 0 Å². The Bertz CT molecular complexity index is 1210. The number of ether oxygens (including phenoxy) is 3. The van der Waals surface area contributed by atoms with Crippen molar-refractivity contribution in [1.29, 1.82) is 0 Å². The van der Waals surface area contributed by atoms with E-state index in [0.717, 1.165) is 24.0 Å². The number of carbonyl (C=O) groups is 2. The van der Waals surface area contributed by atoms with Crippen LogP contribution in [-0.2, 0) is 9.53 Å². The molecular formula is C25H28N2O6. The highest BCUT2D eigenvalue weighted by Gasteiger charge is 2.45. The van der Waals surface area contributed by atoms with Gasteiger partial charge in [0.1, 0.15) is 11.3 Å². The molecule has 1 aromatic carbocycles. The van der Waals surface area contributed by atoms with E-state index in [0.29, 0.717) is 36.6 Å². The van der Waals surface area contributed by atoms with Crippen molar-refractivity contribution in [1.82, 2.24) is 4.68 Å². The molecule has 1 atom stereocenters.